The van der Waals surface area contributed by atoms with Crippen LogP contribution in [0.1, 0.15) is 151 Å². The third-order valence-electron chi connectivity index (χ3n) is 11.0. The number of imide groups is 1. The van der Waals surface area contributed by atoms with E-state index in [-0.39, 0.29) is 54.1 Å². The first kappa shape index (κ1) is 45.7. The average Bonchev–Trinajstić information content (AvgIpc) is 3.04. The molecule has 0 aromatic heterocycles. The Morgan fingerprint density at radius 2 is 1.44 bits per heavy atom. The number of carbonyl (C=O) groups excluding carboxylic acids is 5. The van der Waals surface area contributed by atoms with Gasteiger partial charge in [0.15, 0.2) is 0 Å². The van der Waals surface area contributed by atoms with Crippen molar-refractivity contribution in [2.75, 3.05) is 12.0 Å². The van der Waals surface area contributed by atoms with E-state index in [0.717, 1.165) is 70.6 Å². The van der Waals surface area contributed by atoms with Crippen molar-refractivity contribution in [2.45, 2.75) is 174 Å². The summed E-state index contributed by atoms with van der Waals surface area (Å²) in [7, 11) is 0. The van der Waals surface area contributed by atoms with Crippen LogP contribution in [0.5, 0.6) is 0 Å². The number of thioether (sulfide) groups is 1. The van der Waals surface area contributed by atoms with Gasteiger partial charge in [0.1, 0.15) is 17.9 Å². The minimum Gasteiger partial charge on any atom is -0.480 e. The molecule has 2 aliphatic rings. The third kappa shape index (κ3) is 15.1. The van der Waals surface area contributed by atoms with Crippen LogP contribution in [0.2, 0.25) is 0 Å². The number of Topliss-reactive ketones (excluding diaryl/α,β-unsaturated/α-hetero) is 1. The van der Waals surface area contributed by atoms with Crippen LogP contribution >= 0.6 is 11.8 Å². The summed E-state index contributed by atoms with van der Waals surface area (Å²) in [4.78, 5) is 77.4. The van der Waals surface area contributed by atoms with Gasteiger partial charge < -0.3 is 20.8 Å². The van der Waals surface area contributed by atoms with E-state index in [1.807, 2.05) is 27.0 Å². The van der Waals surface area contributed by atoms with E-state index in [1.54, 1.807) is 25.6 Å². The van der Waals surface area contributed by atoms with Crippen molar-refractivity contribution in [1.29, 1.82) is 0 Å². The molecule has 1 aliphatic carbocycles. The van der Waals surface area contributed by atoms with Crippen LogP contribution in [0, 0.1) is 29.6 Å². The van der Waals surface area contributed by atoms with Gasteiger partial charge in [0, 0.05) is 36.6 Å². The summed E-state index contributed by atoms with van der Waals surface area (Å²) in [6, 6.07) is -1.75. The van der Waals surface area contributed by atoms with Crippen molar-refractivity contribution in [3.63, 3.8) is 0 Å². The molecule has 0 spiro atoms. The number of likely N-dealkylation sites (tertiary alicyclic amines) is 1. The molecule has 4 N–H and O–H groups in total. The fourth-order valence-electron chi connectivity index (χ4n) is 8.04. The Morgan fingerprint density at radius 3 is 1.98 bits per heavy atom. The molecule has 11 nitrogen and oxygen atoms in total. The van der Waals surface area contributed by atoms with Crippen molar-refractivity contribution >= 4 is 47.1 Å². The summed E-state index contributed by atoms with van der Waals surface area (Å²) < 4.78 is 0. The monoisotopic (exact) mass is 751 g/mol. The number of amides is 4. The molecule has 0 aromatic carbocycles. The van der Waals surface area contributed by atoms with Gasteiger partial charge in [0.2, 0.25) is 23.6 Å². The molecule has 6 atom stereocenters. The third-order valence-corrected chi connectivity index (χ3v) is 11.7. The number of ketones is 1. The van der Waals surface area contributed by atoms with Crippen molar-refractivity contribution in [3.8, 4) is 0 Å². The van der Waals surface area contributed by atoms with Crippen LogP contribution in [-0.4, -0.2) is 86.2 Å². The number of aliphatic hydroxyl groups excluding tert-OH is 1. The molecule has 298 valence electrons. The fourth-order valence-corrected chi connectivity index (χ4v) is 8.52. The topological polar surface area (TPSA) is 170 Å². The van der Waals surface area contributed by atoms with Crippen LogP contribution in [0.15, 0.2) is 0 Å². The number of piperidine rings is 1. The van der Waals surface area contributed by atoms with Crippen LogP contribution in [0.25, 0.3) is 0 Å². The smallest absolute Gasteiger partial charge is 0.326 e. The van der Waals surface area contributed by atoms with E-state index in [4.69, 9.17) is 0 Å². The van der Waals surface area contributed by atoms with Crippen molar-refractivity contribution < 1.29 is 39.0 Å². The maximum Gasteiger partial charge on any atom is 0.326 e. The number of rotatable bonds is 24. The molecule has 0 bridgehead atoms. The minimum atomic E-state index is -1.09. The number of carboxylic acid groups (broad SMARTS) is 1. The van der Waals surface area contributed by atoms with E-state index in [1.165, 1.54) is 4.90 Å². The number of nitrogens with zero attached hydrogens (tertiary/aromatic N) is 1. The highest BCUT2D eigenvalue weighted by molar-refractivity contribution is 7.98. The zero-order chi connectivity index (χ0) is 39.0. The van der Waals surface area contributed by atoms with E-state index in [0.29, 0.717) is 37.4 Å². The number of carbonyl (C=O) groups is 6. The average molecular weight is 752 g/mol. The Bertz CT molecular complexity index is 1180. The summed E-state index contributed by atoms with van der Waals surface area (Å²) in [6.07, 6.45) is 13.9. The Morgan fingerprint density at radius 1 is 0.885 bits per heavy atom. The van der Waals surface area contributed by atoms with Gasteiger partial charge >= 0.3 is 5.97 Å². The molecule has 4 amide bonds. The van der Waals surface area contributed by atoms with Gasteiger partial charge in [-0.05, 0) is 82.1 Å². The maximum atomic E-state index is 13.2. The molecular weight excluding hydrogens is 683 g/mol. The van der Waals surface area contributed by atoms with Gasteiger partial charge in [0.05, 0.1) is 6.10 Å². The largest absolute Gasteiger partial charge is 0.480 e. The number of hydrogen-bond donors (Lipinski definition) is 4. The first-order chi connectivity index (χ1) is 24.5. The SMILES string of the molecule is CSCCC(NC(=O)CCCCCCCCCCCC(C)(C)N1C(=O)CC(CC(O)C2C[C@@H](C)C[C@H](C)C2=O)CC1=O)C(=O)NC(C(=O)O)C(C)C. The van der Waals surface area contributed by atoms with E-state index >= 15 is 0 Å². The molecule has 1 saturated carbocycles. The molecule has 1 aliphatic heterocycles. The molecule has 4 unspecified atom stereocenters. The van der Waals surface area contributed by atoms with Crippen molar-refractivity contribution in [3.05, 3.63) is 0 Å². The Labute approximate surface area is 317 Å². The lowest BCUT2D eigenvalue weighted by Crippen LogP contribution is -2.55. The van der Waals surface area contributed by atoms with Gasteiger partial charge in [0.25, 0.3) is 0 Å². The van der Waals surface area contributed by atoms with Crippen molar-refractivity contribution in [1.82, 2.24) is 15.5 Å². The lowest BCUT2D eigenvalue weighted by Gasteiger charge is -2.42. The first-order valence-electron chi connectivity index (χ1n) is 19.9. The Balaban J connectivity index is 1.61. The summed E-state index contributed by atoms with van der Waals surface area (Å²) in [5, 5.41) is 25.7. The van der Waals surface area contributed by atoms with Gasteiger partial charge in [-0.25, -0.2) is 4.79 Å². The van der Waals surface area contributed by atoms with Crippen LogP contribution in [0.3, 0.4) is 0 Å². The number of hydrogen-bond acceptors (Lipinski definition) is 8. The van der Waals surface area contributed by atoms with Crippen LogP contribution in [-0.2, 0) is 28.8 Å². The van der Waals surface area contributed by atoms with Gasteiger partial charge in [-0.3, -0.25) is 28.9 Å². The van der Waals surface area contributed by atoms with Gasteiger partial charge in [-0.2, -0.15) is 11.8 Å². The second-order valence-corrected chi connectivity index (χ2v) is 17.6. The standard InChI is InChI=1S/C40H69N3O8S/c1-26(2)36(39(50)51)42-38(49)31(18-20-52-7)41-33(45)17-15-13-11-9-8-10-12-14-16-19-40(5,6)43-34(46)24-29(25-35(43)47)23-32(44)30-22-27(3)21-28(4)37(30)48/h26-32,36,44H,8-25H2,1-7H3,(H,41,45)(H,42,49)(H,50,51)/t27-,28-,30?,31?,32?,36?/m0/s1. The number of aliphatic carboxylic acids is 1. The normalized spacial score (nSPS) is 22.0. The van der Waals surface area contributed by atoms with E-state index in [9.17, 15) is 39.0 Å². The fraction of sp³-hybridized carbons (Fsp3) is 0.850. The van der Waals surface area contributed by atoms with E-state index in [2.05, 4.69) is 17.6 Å². The predicted molar refractivity (Wildman–Crippen MR) is 205 cm³/mol. The zero-order valence-corrected chi connectivity index (χ0v) is 33.9. The predicted octanol–water partition coefficient (Wildman–Crippen LogP) is 6.29. The lowest BCUT2D eigenvalue weighted by molar-refractivity contribution is -0.157. The summed E-state index contributed by atoms with van der Waals surface area (Å²) in [6.45, 7) is 11.4. The number of carboxylic acids is 1. The minimum absolute atomic E-state index is 0.0576. The second kappa shape index (κ2) is 22.7. The molecule has 2 fully saturated rings. The molecule has 0 radical (unpaired) electrons. The molecular formula is C40H69N3O8S. The van der Waals surface area contributed by atoms with Gasteiger partial charge in [-0.15, -0.1) is 0 Å². The molecule has 0 aromatic rings. The highest BCUT2D eigenvalue weighted by Crippen LogP contribution is 2.37. The summed E-state index contributed by atoms with van der Waals surface area (Å²) >= 11 is 1.56. The molecule has 1 saturated heterocycles. The molecule has 2 rings (SSSR count). The Kier molecular flexibility index (Phi) is 19.9. The lowest BCUT2D eigenvalue weighted by atomic mass is 9.71. The highest BCUT2D eigenvalue weighted by atomic mass is 32.2. The molecule has 1 heterocycles. The van der Waals surface area contributed by atoms with E-state index < -0.39 is 41.5 Å². The first-order valence-corrected chi connectivity index (χ1v) is 21.3. The zero-order valence-electron chi connectivity index (χ0n) is 33.0. The second-order valence-electron chi connectivity index (χ2n) is 16.7. The molecule has 52 heavy (non-hydrogen) atoms. The van der Waals surface area contributed by atoms with Crippen LogP contribution < -0.4 is 10.6 Å². The Hall–Kier alpha value is -2.47. The number of unbranched alkanes of at least 4 members (excludes halogenated alkanes) is 8. The molecule has 12 heteroatoms. The quantitative estimate of drug-likeness (QED) is 0.0654. The summed E-state index contributed by atoms with van der Waals surface area (Å²) in [5.41, 5.74) is -0.567. The number of nitrogens with one attached hydrogen (secondary N) is 2. The maximum absolute atomic E-state index is 13.2. The number of aliphatic hydroxyl groups is 1. The van der Waals surface area contributed by atoms with Crippen LogP contribution in [0.4, 0.5) is 0 Å². The highest BCUT2D eigenvalue weighted by Gasteiger charge is 2.43. The summed E-state index contributed by atoms with van der Waals surface area (Å²) in [5.74, 6) is -1.90. The van der Waals surface area contributed by atoms with Crippen molar-refractivity contribution in [2.24, 2.45) is 29.6 Å². The van der Waals surface area contributed by atoms with Gasteiger partial charge in [-0.1, -0.05) is 79.1 Å².